The monoisotopic (exact) mass is 390 g/mol. The Kier molecular flexibility index (Phi) is 5.68. The van der Waals surface area contributed by atoms with E-state index in [4.69, 9.17) is 5.26 Å². The van der Waals surface area contributed by atoms with Gasteiger partial charge in [0.25, 0.3) is 10.0 Å². The van der Waals surface area contributed by atoms with Crippen molar-refractivity contribution in [2.45, 2.75) is 4.21 Å². The number of nitrogens with one attached hydrogen (secondary N) is 1. The lowest BCUT2D eigenvalue weighted by Gasteiger charge is -2.33. The topological polar surface area (TPSA) is 93.5 Å². The van der Waals surface area contributed by atoms with Crippen LogP contribution in [0.1, 0.15) is 5.56 Å². The van der Waals surface area contributed by atoms with Crippen LogP contribution < -0.4 is 5.32 Å². The summed E-state index contributed by atoms with van der Waals surface area (Å²) < 4.78 is 26.8. The van der Waals surface area contributed by atoms with Gasteiger partial charge in [0.2, 0.25) is 5.91 Å². The number of carbonyl (C=O) groups is 1. The molecule has 1 aliphatic heterocycles. The Morgan fingerprint density at radius 2 is 1.85 bits per heavy atom. The number of hydrogen-bond acceptors (Lipinski definition) is 6. The third-order valence-corrected chi connectivity index (χ3v) is 7.36. The molecule has 1 N–H and O–H groups in total. The van der Waals surface area contributed by atoms with Gasteiger partial charge in [0.05, 0.1) is 18.2 Å². The predicted molar refractivity (Wildman–Crippen MR) is 99.3 cm³/mol. The molecule has 7 nitrogen and oxygen atoms in total. The summed E-state index contributed by atoms with van der Waals surface area (Å²) in [5, 5.41) is 13.3. The van der Waals surface area contributed by atoms with Crippen molar-refractivity contribution < 1.29 is 13.2 Å². The van der Waals surface area contributed by atoms with Gasteiger partial charge in [-0.1, -0.05) is 6.07 Å². The van der Waals surface area contributed by atoms with E-state index in [-0.39, 0.29) is 12.5 Å². The fourth-order valence-corrected chi connectivity index (χ4v) is 5.26. The second kappa shape index (κ2) is 7.97. The summed E-state index contributed by atoms with van der Waals surface area (Å²) in [5.41, 5.74) is 1.17. The van der Waals surface area contributed by atoms with E-state index >= 15 is 0 Å². The SMILES string of the molecule is N#Cc1ccc(NC(=O)CN2CCN(S(=O)(=O)c3cccs3)CC2)cc1. The highest BCUT2D eigenvalue weighted by molar-refractivity contribution is 7.91. The Labute approximate surface area is 156 Å². The van der Waals surface area contributed by atoms with Crippen LogP contribution in [0.2, 0.25) is 0 Å². The summed E-state index contributed by atoms with van der Waals surface area (Å²) in [5.74, 6) is -0.163. The van der Waals surface area contributed by atoms with Gasteiger partial charge in [0, 0.05) is 31.9 Å². The van der Waals surface area contributed by atoms with Gasteiger partial charge in [-0.2, -0.15) is 9.57 Å². The molecule has 1 saturated heterocycles. The molecular weight excluding hydrogens is 372 g/mol. The molecule has 1 amide bonds. The minimum absolute atomic E-state index is 0.163. The number of thiophene rings is 1. The molecule has 0 saturated carbocycles. The molecule has 0 unspecified atom stereocenters. The maximum absolute atomic E-state index is 12.5. The molecule has 1 aromatic heterocycles. The van der Waals surface area contributed by atoms with Crippen molar-refractivity contribution in [3.8, 4) is 6.07 Å². The second-order valence-corrected chi connectivity index (χ2v) is 8.96. The number of nitrogens with zero attached hydrogens (tertiary/aromatic N) is 3. The maximum Gasteiger partial charge on any atom is 0.252 e. The summed E-state index contributed by atoms with van der Waals surface area (Å²) in [6.45, 7) is 1.94. The van der Waals surface area contributed by atoms with Crippen LogP contribution in [0.4, 0.5) is 5.69 Å². The molecule has 9 heteroatoms. The number of carbonyl (C=O) groups excluding carboxylic acids is 1. The average Bonchev–Trinajstić information content (AvgIpc) is 3.18. The third-order valence-electron chi connectivity index (χ3n) is 4.09. The lowest BCUT2D eigenvalue weighted by molar-refractivity contribution is -0.117. The molecule has 1 aromatic carbocycles. The zero-order valence-corrected chi connectivity index (χ0v) is 15.6. The number of amides is 1. The second-order valence-electron chi connectivity index (χ2n) is 5.85. The maximum atomic E-state index is 12.5. The first-order valence-electron chi connectivity index (χ1n) is 8.05. The third kappa shape index (κ3) is 4.28. The van der Waals surface area contributed by atoms with E-state index in [0.29, 0.717) is 41.6 Å². The summed E-state index contributed by atoms with van der Waals surface area (Å²) in [7, 11) is -3.43. The Hall–Kier alpha value is -2.25. The van der Waals surface area contributed by atoms with Crippen molar-refractivity contribution in [3.05, 3.63) is 47.3 Å². The first kappa shape index (κ1) is 18.5. The van der Waals surface area contributed by atoms with Crippen molar-refractivity contribution >= 4 is 33.0 Å². The van der Waals surface area contributed by atoms with Crippen LogP contribution in [0.25, 0.3) is 0 Å². The molecule has 2 heterocycles. The number of rotatable bonds is 5. The lowest BCUT2D eigenvalue weighted by atomic mass is 10.2. The first-order valence-corrected chi connectivity index (χ1v) is 10.4. The average molecular weight is 390 g/mol. The first-order chi connectivity index (χ1) is 12.5. The Morgan fingerprint density at radius 1 is 1.15 bits per heavy atom. The number of hydrogen-bond donors (Lipinski definition) is 1. The van der Waals surface area contributed by atoms with Crippen molar-refractivity contribution in [2.24, 2.45) is 0 Å². The number of piperazine rings is 1. The minimum atomic E-state index is -3.43. The van der Waals surface area contributed by atoms with Gasteiger partial charge < -0.3 is 5.32 Å². The highest BCUT2D eigenvalue weighted by Gasteiger charge is 2.29. The molecule has 2 aromatic rings. The largest absolute Gasteiger partial charge is 0.325 e. The van der Waals surface area contributed by atoms with E-state index in [0.717, 1.165) is 0 Å². The molecule has 136 valence electrons. The van der Waals surface area contributed by atoms with Crippen molar-refractivity contribution in [1.82, 2.24) is 9.21 Å². The fraction of sp³-hybridized carbons (Fsp3) is 0.294. The molecule has 3 rings (SSSR count). The van der Waals surface area contributed by atoms with Crippen LogP contribution in [-0.4, -0.2) is 56.3 Å². The van der Waals surface area contributed by atoms with Gasteiger partial charge in [-0.3, -0.25) is 9.69 Å². The Morgan fingerprint density at radius 3 is 2.42 bits per heavy atom. The fourth-order valence-electron chi connectivity index (χ4n) is 2.70. The highest BCUT2D eigenvalue weighted by atomic mass is 32.2. The van der Waals surface area contributed by atoms with Gasteiger partial charge in [-0.15, -0.1) is 11.3 Å². The summed E-state index contributed by atoms with van der Waals surface area (Å²) in [6.07, 6.45) is 0. The number of benzene rings is 1. The van der Waals surface area contributed by atoms with E-state index in [1.54, 1.807) is 41.8 Å². The summed E-state index contributed by atoms with van der Waals surface area (Å²) in [4.78, 5) is 14.1. The molecule has 1 fully saturated rings. The van der Waals surface area contributed by atoms with E-state index in [9.17, 15) is 13.2 Å². The van der Waals surface area contributed by atoms with E-state index < -0.39 is 10.0 Å². The van der Waals surface area contributed by atoms with Crippen LogP contribution in [0.5, 0.6) is 0 Å². The van der Waals surface area contributed by atoms with Gasteiger partial charge in [0.1, 0.15) is 4.21 Å². The van der Waals surface area contributed by atoms with E-state index in [1.807, 2.05) is 11.0 Å². The molecule has 0 aliphatic carbocycles. The Bertz CT molecular complexity index is 894. The van der Waals surface area contributed by atoms with Crippen LogP contribution >= 0.6 is 11.3 Å². The number of nitriles is 1. The number of anilines is 1. The molecule has 26 heavy (non-hydrogen) atoms. The Balaban J connectivity index is 1.50. The molecule has 0 atom stereocenters. The van der Waals surface area contributed by atoms with Crippen LogP contribution in [0, 0.1) is 11.3 Å². The van der Waals surface area contributed by atoms with Gasteiger partial charge >= 0.3 is 0 Å². The quantitative estimate of drug-likeness (QED) is 0.836. The van der Waals surface area contributed by atoms with Crippen LogP contribution in [-0.2, 0) is 14.8 Å². The smallest absolute Gasteiger partial charge is 0.252 e. The zero-order chi connectivity index (χ0) is 18.6. The summed E-state index contributed by atoms with van der Waals surface area (Å²) >= 11 is 1.21. The number of sulfonamides is 1. The van der Waals surface area contributed by atoms with E-state index in [2.05, 4.69) is 5.32 Å². The van der Waals surface area contributed by atoms with Gasteiger partial charge in [-0.25, -0.2) is 8.42 Å². The molecule has 0 radical (unpaired) electrons. The van der Waals surface area contributed by atoms with Crippen molar-refractivity contribution in [1.29, 1.82) is 5.26 Å². The molecular formula is C17H18N4O3S2. The standard InChI is InChI=1S/C17H18N4O3S2/c18-12-14-3-5-15(6-4-14)19-16(22)13-20-7-9-21(10-8-20)26(23,24)17-2-1-11-25-17/h1-6,11H,7-10,13H2,(H,19,22). The summed E-state index contributed by atoms with van der Waals surface area (Å²) in [6, 6.07) is 12.0. The molecule has 0 bridgehead atoms. The van der Waals surface area contributed by atoms with Gasteiger partial charge in [0.15, 0.2) is 0 Å². The minimum Gasteiger partial charge on any atom is -0.325 e. The molecule has 0 spiro atoms. The van der Waals surface area contributed by atoms with Crippen LogP contribution in [0.15, 0.2) is 46.0 Å². The normalized spacial score (nSPS) is 16.1. The van der Waals surface area contributed by atoms with Crippen molar-refractivity contribution in [2.75, 3.05) is 38.0 Å². The van der Waals surface area contributed by atoms with E-state index in [1.165, 1.54) is 15.6 Å². The highest BCUT2D eigenvalue weighted by Crippen LogP contribution is 2.22. The predicted octanol–water partition coefficient (Wildman–Crippen LogP) is 1.56. The van der Waals surface area contributed by atoms with Gasteiger partial charge in [-0.05, 0) is 35.7 Å². The van der Waals surface area contributed by atoms with Crippen LogP contribution in [0.3, 0.4) is 0 Å². The van der Waals surface area contributed by atoms with Crippen molar-refractivity contribution in [3.63, 3.8) is 0 Å². The zero-order valence-electron chi connectivity index (χ0n) is 14.0. The lowest BCUT2D eigenvalue weighted by Crippen LogP contribution is -2.50. The molecule has 1 aliphatic rings.